The molecule has 0 bridgehead atoms. The van der Waals surface area contributed by atoms with Crippen LogP contribution < -0.4 is 0 Å². The zero-order valence-corrected chi connectivity index (χ0v) is 38.6. The molecular weight excluding hydrogens is 769 g/mol. The van der Waals surface area contributed by atoms with Gasteiger partial charge in [-0.15, -0.1) is 0 Å². The molecule has 1 rings (SSSR count). The molecule has 0 aromatic carbocycles. The van der Waals surface area contributed by atoms with Crippen molar-refractivity contribution < 1.29 is 44.2 Å². The van der Waals surface area contributed by atoms with Gasteiger partial charge in [-0.3, -0.25) is 4.79 Å². The maximum absolute atomic E-state index is 12.8. The normalized spacial score (nSPS) is 20.5. The summed E-state index contributed by atoms with van der Waals surface area (Å²) in [6, 6.07) is 0. The van der Waals surface area contributed by atoms with Gasteiger partial charge < -0.3 is 39.4 Å². The third kappa shape index (κ3) is 33.8. The minimum atomic E-state index is -1.54. The fourth-order valence-corrected chi connectivity index (χ4v) is 7.03. The summed E-state index contributed by atoms with van der Waals surface area (Å²) in [4.78, 5) is 12.8. The zero-order chi connectivity index (χ0) is 44.3. The first kappa shape index (κ1) is 56.6. The van der Waals surface area contributed by atoms with Crippen molar-refractivity contribution >= 4 is 5.97 Å². The SMILES string of the molecule is CC/C=C\C/C=C\C/C=C\C/C=C\CCCCCCCCCCCCCOCC(COC1OC(CO)C(O)C(O)C1O)OC(=O)CCCCCCC/C=C\C/C=C\CCCC. The molecule has 352 valence electrons. The zero-order valence-electron chi connectivity index (χ0n) is 38.6. The van der Waals surface area contributed by atoms with Crippen molar-refractivity contribution in [2.45, 2.75) is 224 Å². The predicted octanol–water partition coefficient (Wildman–Crippen LogP) is 11.6. The van der Waals surface area contributed by atoms with Crippen LogP contribution in [-0.2, 0) is 23.7 Å². The molecule has 61 heavy (non-hydrogen) atoms. The molecule has 9 heteroatoms. The average Bonchev–Trinajstić information content (AvgIpc) is 3.26. The van der Waals surface area contributed by atoms with Gasteiger partial charge in [-0.1, -0.05) is 177 Å². The Kier molecular flexibility index (Phi) is 39.8. The van der Waals surface area contributed by atoms with E-state index in [2.05, 4.69) is 86.8 Å². The summed E-state index contributed by atoms with van der Waals surface area (Å²) >= 11 is 0. The number of hydrogen-bond donors (Lipinski definition) is 4. The van der Waals surface area contributed by atoms with Gasteiger partial charge in [-0.05, 0) is 77.0 Å². The van der Waals surface area contributed by atoms with Gasteiger partial charge in [-0.25, -0.2) is 0 Å². The molecule has 0 amide bonds. The van der Waals surface area contributed by atoms with E-state index in [1.54, 1.807) is 0 Å². The molecule has 0 aromatic rings. The lowest BCUT2D eigenvalue weighted by molar-refractivity contribution is -0.305. The van der Waals surface area contributed by atoms with Crippen molar-refractivity contribution in [1.82, 2.24) is 0 Å². The van der Waals surface area contributed by atoms with Crippen molar-refractivity contribution in [1.29, 1.82) is 0 Å². The fourth-order valence-electron chi connectivity index (χ4n) is 7.03. The Morgan fingerprint density at radius 3 is 1.51 bits per heavy atom. The molecule has 1 heterocycles. The van der Waals surface area contributed by atoms with Crippen LogP contribution in [0.2, 0.25) is 0 Å². The molecule has 6 atom stereocenters. The second kappa shape index (κ2) is 42.9. The maximum atomic E-state index is 12.8. The molecular formula is C52H90O9. The summed E-state index contributed by atoms with van der Waals surface area (Å²) < 4.78 is 22.8. The Balaban J connectivity index is 2.20. The Labute approximate surface area is 372 Å². The van der Waals surface area contributed by atoms with E-state index in [0.717, 1.165) is 83.5 Å². The van der Waals surface area contributed by atoms with Crippen LogP contribution in [0.15, 0.2) is 72.9 Å². The molecule has 1 saturated heterocycles. The molecule has 0 radical (unpaired) electrons. The molecule has 0 aromatic heterocycles. The summed E-state index contributed by atoms with van der Waals surface area (Å²) in [5.74, 6) is -0.331. The number of aliphatic hydroxyl groups is 4. The largest absolute Gasteiger partial charge is 0.457 e. The number of carbonyl (C=O) groups excluding carboxylic acids is 1. The van der Waals surface area contributed by atoms with Gasteiger partial charge in [0.1, 0.15) is 30.5 Å². The van der Waals surface area contributed by atoms with Crippen LogP contribution in [0, 0.1) is 0 Å². The number of allylic oxidation sites excluding steroid dienone is 12. The first-order valence-corrected chi connectivity index (χ1v) is 24.5. The Morgan fingerprint density at radius 1 is 0.541 bits per heavy atom. The number of esters is 1. The van der Waals surface area contributed by atoms with Gasteiger partial charge in [0.05, 0.1) is 19.8 Å². The molecule has 6 unspecified atom stereocenters. The van der Waals surface area contributed by atoms with E-state index in [0.29, 0.717) is 13.0 Å². The Bertz CT molecular complexity index is 1160. The van der Waals surface area contributed by atoms with Crippen LogP contribution in [0.5, 0.6) is 0 Å². The standard InChI is InChI=1S/C52H90O9/c1-3-5-7-9-11-13-15-17-19-20-21-22-23-24-25-26-27-28-30-32-34-36-38-40-42-58-44-46(45-59-52-51(57)50(56)49(55)47(43-53)61-52)60-48(54)41-39-37-35-33-31-29-18-16-14-12-10-8-6-4-2/h5,7,10-13,16-19,21-22,46-47,49-53,55-57H,3-4,6,8-9,14-15,20,23-45H2,1-2H3/b7-5-,12-10-,13-11-,18-16-,19-17-,22-21-. The van der Waals surface area contributed by atoms with Crippen molar-refractivity contribution in [2.75, 3.05) is 26.4 Å². The second-order valence-electron chi connectivity index (χ2n) is 16.5. The maximum Gasteiger partial charge on any atom is 0.306 e. The Morgan fingerprint density at radius 2 is 1.00 bits per heavy atom. The molecule has 4 N–H and O–H groups in total. The lowest BCUT2D eigenvalue weighted by atomic mass is 9.99. The second-order valence-corrected chi connectivity index (χ2v) is 16.5. The highest BCUT2D eigenvalue weighted by molar-refractivity contribution is 5.69. The summed E-state index contributed by atoms with van der Waals surface area (Å²) in [7, 11) is 0. The van der Waals surface area contributed by atoms with Crippen LogP contribution in [0.4, 0.5) is 0 Å². The minimum absolute atomic E-state index is 0.123. The van der Waals surface area contributed by atoms with E-state index in [1.807, 2.05) is 0 Å². The Hall–Kier alpha value is -2.37. The number of rotatable bonds is 41. The van der Waals surface area contributed by atoms with Crippen molar-refractivity contribution in [3.8, 4) is 0 Å². The lowest BCUT2D eigenvalue weighted by Crippen LogP contribution is -2.59. The third-order valence-corrected chi connectivity index (χ3v) is 10.9. The van der Waals surface area contributed by atoms with Gasteiger partial charge in [-0.2, -0.15) is 0 Å². The van der Waals surface area contributed by atoms with Gasteiger partial charge in [0.2, 0.25) is 0 Å². The molecule has 0 aliphatic carbocycles. The topological polar surface area (TPSA) is 135 Å². The molecule has 0 spiro atoms. The van der Waals surface area contributed by atoms with Crippen LogP contribution in [0.1, 0.15) is 187 Å². The summed E-state index contributed by atoms with van der Waals surface area (Å²) in [5, 5.41) is 40.2. The monoisotopic (exact) mass is 859 g/mol. The molecule has 1 fully saturated rings. The summed E-state index contributed by atoms with van der Waals surface area (Å²) in [6.45, 7) is 4.38. The average molecular weight is 859 g/mol. The van der Waals surface area contributed by atoms with E-state index in [9.17, 15) is 25.2 Å². The number of ether oxygens (including phenoxy) is 4. The smallest absolute Gasteiger partial charge is 0.306 e. The van der Waals surface area contributed by atoms with Gasteiger partial charge >= 0.3 is 5.97 Å². The van der Waals surface area contributed by atoms with Gasteiger partial charge in [0, 0.05) is 13.0 Å². The fraction of sp³-hybridized carbons (Fsp3) is 0.750. The van der Waals surface area contributed by atoms with Crippen molar-refractivity contribution in [2.24, 2.45) is 0 Å². The van der Waals surface area contributed by atoms with Gasteiger partial charge in [0.15, 0.2) is 6.29 Å². The third-order valence-electron chi connectivity index (χ3n) is 10.9. The molecule has 9 nitrogen and oxygen atoms in total. The van der Waals surface area contributed by atoms with Crippen molar-refractivity contribution in [3.63, 3.8) is 0 Å². The van der Waals surface area contributed by atoms with E-state index in [4.69, 9.17) is 18.9 Å². The highest BCUT2D eigenvalue weighted by Gasteiger charge is 2.44. The van der Waals surface area contributed by atoms with Gasteiger partial charge in [0.25, 0.3) is 0 Å². The highest BCUT2D eigenvalue weighted by Crippen LogP contribution is 2.22. The first-order chi connectivity index (χ1) is 29.9. The molecule has 0 saturated carbocycles. The minimum Gasteiger partial charge on any atom is -0.457 e. The van der Waals surface area contributed by atoms with Crippen LogP contribution >= 0.6 is 0 Å². The number of aliphatic hydroxyl groups excluding tert-OH is 4. The quantitative estimate of drug-likeness (QED) is 0.0269. The molecule has 1 aliphatic heterocycles. The number of unbranched alkanes of at least 4 members (excludes halogenated alkanes) is 18. The van der Waals surface area contributed by atoms with Crippen LogP contribution in [-0.4, -0.2) is 89.6 Å². The van der Waals surface area contributed by atoms with Crippen LogP contribution in [0.25, 0.3) is 0 Å². The van der Waals surface area contributed by atoms with E-state index in [-0.39, 0.29) is 19.2 Å². The predicted molar refractivity (Wildman–Crippen MR) is 251 cm³/mol. The summed E-state index contributed by atoms with van der Waals surface area (Å²) in [5.41, 5.74) is 0. The number of hydrogen-bond acceptors (Lipinski definition) is 9. The number of carbonyl (C=O) groups is 1. The first-order valence-electron chi connectivity index (χ1n) is 24.5. The highest BCUT2D eigenvalue weighted by atomic mass is 16.7. The van der Waals surface area contributed by atoms with E-state index >= 15 is 0 Å². The van der Waals surface area contributed by atoms with E-state index in [1.165, 1.54) is 83.5 Å². The summed E-state index contributed by atoms with van der Waals surface area (Å²) in [6.07, 6.45) is 49.3. The molecule has 1 aliphatic rings. The van der Waals surface area contributed by atoms with Crippen LogP contribution in [0.3, 0.4) is 0 Å². The van der Waals surface area contributed by atoms with Crippen molar-refractivity contribution in [3.05, 3.63) is 72.9 Å². The lowest BCUT2D eigenvalue weighted by Gasteiger charge is -2.39. The van der Waals surface area contributed by atoms with E-state index < -0.39 is 43.4 Å².